The number of hydrogen-bond donors (Lipinski definition) is 1. The lowest BCUT2D eigenvalue weighted by Gasteiger charge is -2.34. The van der Waals surface area contributed by atoms with Crippen LogP contribution in [0.5, 0.6) is 0 Å². The summed E-state index contributed by atoms with van der Waals surface area (Å²) in [6, 6.07) is 0.693. The first-order valence-electron chi connectivity index (χ1n) is 6.08. The molecule has 1 heterocycles. The molecule has 0 bridgehead atoms. The van der Waals surface area contributed by atoms with Crippen LogP contribution in [0.2, 0.25) is 0 Å². The average Bonchev–Trinajstić information content (AvgIpc) is 2.25. The third-order valence-electron chi connectivity index (χ3n) is 3.06. The van der Waals surface area contributed by atoms with Crippen molar-refractivity contribution < 1.29 is 0 Å². The van der Waals surface area contributed by atoms with Crippen molar-refractivity contribution in [2.45, 2.75) is 39.2 Å². The lowest BCUT2D eigenvalue weighted by atomic mass is 9.94. The van der Waals surface area contributed by atoms with Crippen LogP contribution in [0, 0.1) is 17.8 Å². The molecule has 0 amide bonds. The van der Waals surface area contributed by atoms with Gasteiger partial charge in [-0.3, -0.25) is 0 Å². The van der Waals surface area contributed by atoms with E-state index in [1.807, 2.05) is 7.05 Å². The summed E-state index contributed by atoms with van der Waals surface area (Å²) < 4.78 is 0. The summed E-state index contributed by atoms with van der Waals surface area (Å²) in [5.74, 6) is 7.22. The second-order valence-corrected chi connectivity index (χ2v) is 4.68. The largest absolute Gasteiger partial charge is 0.309 e. The highest BCUT2D eigenvalue weighted by atomic mass is 15.1. The molecule has 1 N–H and O–H groups in total. The van der Waals surface area contributed by atoms with E-state index < -0.39 is 0 Å². The van der Waals surface area contributed by atoms with Crippen molar-refractivity contribution >= 4 is 0 Å². The first kappa shape index (κ1) is 12.5. The molecule has 1 saturated heterocycles. The fourth-order valence-electron chi connectivity index (χ4n) is 2.10. The van der Waals surface area contributed by atoms with E-state index in [0.29, 0.717) is 6.04 Å². The van der Waals surface area contributed by atoms with Crippen molar-refractivity contribution in [1.29, 1.82) is 0 Å². The summed E-state index contributed by atoms with van der Waals surface area (Å²) in [7, 11) is 1.94. The van der Waals surface area contributed by atoms with Crippen LogP contribution in [0.1, 0.15) is 33.1 Å². The number of likely N-dealkylation sites (tertiary alicyclic amines) is 1. The molecule has 0 radical (unpaired) electrons. The molecule has 1 aliphatic heterocycles. The Kier molecular flexibility index (Phi) is 5.75. The minimum absolute atomic E-state index is 0.693. The number of nitrogens with zero attached hydrogens (tertiary/aromatic N) is 1. The van der Waals surface area contributed by atoms with E-state index in [1.165, 1.54) is 25.9 Å². The SMILES string of the molecule is CNCC#CCC1CCCN(C(C)C)C1. The molecular weight excluding hydrogens is 184 g/mol. The Morgan fingerprint density at radius 1 is 1.40 bits per heavy atom. The molecule has 1 aliphatic rings. The van der Waals surface area contributed by atoms with Crippen molar-refractivity contribution in [3.05, 3.63) is 0 Å². The first-order valence-corrected chi connectivity index (χ1v) is 6.08. The van der Waals surface area contributed by atoms with Crippen LogP contribution in [0.3, 0.4) is 0 Å². The molecule has 1 atom stereocenters. The topological polar surface area (TPSA) is 15.3 Å². The monoisotopic (exact) mass is 208 g/mol. The van der Waals surface area contributed by atoms with Gasteiger partial charge in [0.05, 0.1) is 6.54 Å². The summed E-state index contributed by atoms with van der Waals surface area (Å²) in [5, 5.41) is 3.05. The zero-order valence-electron chi connectivity index (χ0n) is 10.3. The zero-order chi connectivity index (χ0) is 11.1. The lowest BCUT2D eigenvalue weighted by molar-refractivity contribution is 0.142. The molecule has 0 aliphatic carbocycles. The summed E-state index contributed by atoms with van der Waals surface area (Å²) in [5.41, 5.74) is 0. The highest BCUT2D eigenvalue weighted by Gasteiger charge is 2.20. The van der Waals surface area contributed by atoms with Gasteiger partial charge in [0.25, 0.3) is 0 Å². The molecule has 0 aromatic rings. The summed E-state index contributed by atoms with van der Waals surface area (Å²) in [6.45, 7) is 7.91. The maximum atomic E-state index is 3.28. The van der Waals surface area contributed by atoms with Crippen LogP contribution >= 0.6 is 0 Å². The van der Waals surface area contributed by atoms with Gasteiger partial charge in [-0.25, -0.2) is 0 Å². The number of hydrogen-bond acceptors (Lipinski definition) is 2. The smallest absolute Gasteiger partial charge is 0.0574 e. The van der Waals surface area contributed by atoms with Crippen LogP contribution in [0.4, 0.5) is 0 Å². The molecule has 1 fully saturated rings. The van der Waals surface area contributed by atoms with Gasteiger partial charge in [0.1, 0.15) is 0 Å². The second-order valence-electron chi connectivity index (χ2n) is 4.68. The maximum absolute atomic E-state index is 3.28. The van der Waals surface area contributed by atoms with E-state index in [2.05, 4.69) is 35.9 Å². The predicted molar refractivity (Wildman–Crippen MR) is 65.8 cm³/mol. The van der Waals surface area contributed by atoms with Gasteiger partial charge in [-0.2, -0.15) is 0 Å². The van der Waals surface area contributed by atoms with E-state index in [-0.39, 0.29) is 0 Å². The Morgan fingerprint density at radius 3 is 2.87 bits per heavy atom. The molecule has 2 nitrogen and oxygen atoms in total. The molecule has 0 saturated carbocycles. The van der Waals surface area contributed by atoms with Gasteiger partial charge in [0.2, 0.25) is 0 Å². The van der Waals surface area contributed by atoms with Crippen molar-refractivity contribution in [2.75, 3.05) is 26.7 Å². The minimum atomic E-state index is 0.693. The van der Waals surface area contributed by atoms with Crippen molar-refractivity contribution in [2.24, 2.45) is 5.92 Å². The molecule has 0 aromatic heterocycles. The first-order chi connectivity index (χ1) is 7.24. The Labute approximate surface area is 94.4 Å². The van der Waals surface area contributed by atoms with E-state index >= 15 is 0 Å². The predicted octanol–water partition coefficient (Wildman–Crippen LogP) is 1.72. The highest BCUT2D eigenvalue weighted by Crippen LogP contribution is 2.20. The minimum Gasteiger partial charge on any atom is -0.309 e. The number of piperidine rings is 1. The van der Waals surface area contributed by atoms with Gasteiger partial charge in [-0.05, 0) is 46.2 Å². The van der Waals surface area contributed by atoms with Crippen LogP contribution in [-0.2, 0) is 0 Å². The van der Waals surface area contributed by atoms with Crippen molar-refractivity contribution in [3.63, 3.8) is 0 Å². The fourth-order valence-corrected chi connectivity index (χ4v) is 2.10. The third-order valence-corrected chi connectivity index (χ3v) is 3.06. The van der Waals surface area contributed by atoms with E-state index in [1.54, 1.807) is 0 Å². The second kappa shape index (κ2) is 6.87. The lowest BCUT2D eigenvalue weighted by Crippen LogP contribution is -2.39. The van der Waals surface area contributed by atoms with E-state index in [4.69, 9.17) is 0 Å². The Hall–Kier alpha value is -0.520. The molecule has 1 unspecified atom stereocenters. The van der Waals surface area contributed by atoms with Crippen LogP contribution in [0.25, 0.3) is 0 Å². The van der Waals surface area contributed by atoms with Crippen molar-refractivity contribution in [3.8, 4) is 11.8 Å². The number of rotatable bonds is 3. The zero-order valence-corrected chi connectivity index (χ0v) is 10.3. The van der Waals surface area contributed by atoms with Crippen LogP contribution in [0.15, 0.2) is 0 Å². The average molecular weight is 208 g/mol. The van der Waals surface area contributed by atoms with Gasteiger partial charge >= 0.3 is 0 Å². The van der Waals surface area contributed by atoms with E-state index in [0.717, 1.165) is 18.9 Å². The number of nitrogens with one attached hydrogen (secondary N) is 1. The third kappa shape index (κ3) is 4.68. The molecule has 2 heteroatoms. The Morgan fingerprint density at radius 2 is 2.20 bits per heavy atom. The van der Waals surface area contributed by atoms with Gasteiger partial charge in [-0.1, -0.05) is 5.92 Å². The highest BCUT2D eigenvalue weighted by molar-refractivity contribution is 5.02. The van der Waals surface area contributed by atoms with Crippen LogP contribution in [-0.4, -0.2) is 37.6 Å². The van der Waals surface area contributed by atoms with Crippen molar-refractivity contribution in [1.82, 2.24) is 10.2 Å². The van der Waals surface area contributed by atoms with E-state index in [9.17, 15) is 0 Å². The Bertz CT molecular complexity index is 224. The van der Waals surface area contributed by atoms with Crippen LogP contribution < -0.4 is 5.32 Å². The summed E-state index contributed by atoms with van der Waals surface area (Å²) in [6.07, 6.45) is 3.78. The Balaban J connectivity index is 2.28. The molecule has 15 heavy (non-hydrogen) atoms. The molecule has 1 rings (SSSR count). The molecular formula is C13H24N2. The van der Waals surface area contributed by atoms with Gasteiger partial charge < -0.3 is 10.2 Å². The molecule has 0 spiro atoms. The summed E-state index contributed by atoms with van der Waals surface area (Å²) >= 11 is 0. The fraction of sp³-hybridized carbons (Fsp3) is 0.846. The standard InChI is InChI=1S/C13H24N2/c1-12(2)15-10-6-8-13(11-15)7-4-5-9-14-3/h12-14H,6-11H2,1-3H3. The quantitative estimate of drug-likeness (QED) is 0.711. The maximum Gasteiger partial charge on any atom is 0.0574 e. The summed E-state index contributed by atoms with van der Waals surface area (Å²) in [4.78, 5) is 2.58. The van der Waals surface area contributed by atoms with Gasteiger partial charge in [-0.15, -0.1) is 5.92 Å². The molecule has 0 aromatic carbocycles. The van der Waals surface area contributed by atoms with Gasteiger partial charge in [0, 0.05) is 19.0 Å². The van der Waals surface area contributed by atoms with Gasteiger partial charge in [0.15, 0.2) is 0 Å². The normalized spacial score (nSPS) is 22.5. The molecule has 86 valence electrons.